The standard InChI is InChI=1S/C27H39NO3/c1-17(14-21-11-13-28(4)26(21)31)23-9-10-24-19(6-5-12-27(23,24)3)7-8-20-15-22(29)16-25(30)18(20)2/h7-8,14,17,22-25,29-30H,2,5-6,9-13,15-16H2,1,3-4H3/t17-,22-,23-,24?,25+,27-/m1/s1. The SMILES string of the molecule is C=C1C(=CC=C2CCC[C@@]3(C)C2CC[C@@H]3[C@H](C)C=C2CCN(C)C2=O)C[C@@H](O)C[C@@H]1O. The first kappa shape index (κ1) is 22.5. The molecule has 3 saturated carbocycles. The monoisotopic (exact) mass is 425 g/mol. The van der Waals surface area contributed by atoms with E-state index in [9.17, 15) is 15.0 Å². The molecule has 1 saturated heterocycles. The van der Waals surface area contributed by atoms with E-state index in [1.54, 1.807) is 0 Å². The number of aliphatic hydroxyl groups excluding tert-OH is 2. The Morgan fingerprint density at radius 2 is 1.97 bits per heavy atom. The van der Waals surface area contributed by atoms with Gasteiger partial charge in [-0.3, -0.25) is 4.79 Å². The number of carbonyl (C=O) groups excluding carboxylic acids is 1. The molecule has 170 valence electrons. The molecule has 0 aromatic rings. The molecule has 4 fully saturated rings. The van der Waals surface area contributed by atoms with Gasteiger partial charge in [-0.2, -0.15) is 0 Å². The maximum Gasteiger partial charge on any atom is 0.249 e. The summed E-state index contributed by atoms with van der Waals surface area (Å²) in [6.45, 7) is 9.68. The fourth-order valence-corrected chi connectivity index (χ4v) is 6.94. The quantitative estimate of drug-likeness (QED) is 0.652. The van der Waals surface area contributed by atoms with Crippen LogP contribution >= 0.6 is 0 Å². The van der Waals surface area contributed by atoms with Gasteiger partial charge in [0.05, 0.1) is 12.2 Å². The van der Waals surface area contributed by atoms with Gasteiger partial charge in [0.25, 0.3) is 0 Å². The molecule has 4 rings (SSSR count). The average molecular weight is 426 g/mol. The summed E-state index contributed by atoms with van der Waals surface area (Å²) >= 11 is 0. The Bertz CT molecular complexity index is 837. The normalized spacial score (nSPS) is 41.5. The lowest BCUT2D eigenvalue weighted by Gasteiger charge is -2.44. The van der Waals surface area contributed by atoms with Gasteiger partial charge in [0.1, 0.15) is 0 Å². The molecule has 0 radical (unpaired) electrons. The molecule has 1 aliphatic heterocycles. The summed E-state index contributed by atoms with van der Waals surface area (Å²) in [6, 6.07) is 0. The number of nitrogens with zero attached hydrogens (tertiary/aromatic N) is 1. The van der Waals surface area contributed by atoms with Crippen LogP contribution in [-0.4, -0.2) is 46.8 Å². The molecule has 31 heavy (non-hydrogen) atoms. The van der Waals surface area contributed by atoms with Crippen molar-refractivity contribution in [1.29, 1.82) is 0 Å². The molecule has 4 aliphatic rings. The van der Waals surface area contributed by atoms with Crippen LogP contribution in [0.1, 0.15) is 65.2 Å². The van der Waals surface area contributed by atoms with Crippen LogP contribution in [0.5, 0.6) is 0 Å². The van der Waals surface area contributed by atoms with Crippen molar-refractivity contribution in [1.82, 2.24) is 4.90 Å². The summed E-state index contributed by atoms with van der Waals surface area (Å²) in [7, 11) is 1.90. The number of amides is 1. The molecule has 1 unspecified atom stereocenters. The molecule has 4 heteroatoms. The largest absolute Gasteiger partial charge is 0.393 e. The van der Waals surface area contributed by atoms with Gasteiger partial charge in [-0.1, -0.05) is 44.2 Å². The zero-order chi connectivity index (χ0) is 22.3. The zero-order valence-corrected chi connectivity index (χ0v) is 19.4. The van der Waals surface area contributed by atoms with Crippen molar-refractivity contribution in [3.05, 3.63) is 47.1 Å². The van der Waals surface area contributed by atoms with Gasteiger partial charge in [0.2, 0.25) is 5.91 Å². The van der Waals surface area contributed by atoms with Crippen LogP contribution in [0.2, 0.25) is 0 Å². The molecule has 6 atom stereocenters. The van der Waals surface area contributed by atoms with Crippen molar-refractivity contribution < 1.29 is 15.0 Å². The maximum atomic E-state index is 12.4. The molecule has 3 aliphatic carbocycles. The first-order valence-electron chi connectivity index (χ1n) is 12.1. The highest BCUT2D eigenvalue weighted by Gasteiger charge is 2.50. The Morgan fingerprint density at radius 1 is 1.19 bits per heavy atom. The number of likely N-dealkylation sites (N-methyl/N-ethyl adjacent to an activating group) is 1. The van der Waals surface area contributed by atoms with Crippen LogP contribution < -0.4 is 0 Å². The number of fused-ring (bicyclic) bond motifs is 1. The van der Waals surface area contributed by atoms with E-state index < -0.39 is 12.2 Å². The second-order valence-electron chi connectivity index (χ2n) is 10.7. The minimum Gasteiger partial charge on any atom is -0.393 e. The summed E-state index contributed by atoms with van der Waals surface area (Å²) in [6.07, 6.45) is 13.4. The number of rotatable bonds is 3. The van der Waals surface area contributed by atoms with Gasteiger partial charge >= 0.3 is 0 Å². The third-order valence-corrected chi connectivity index (χ3v) is 8.74. The highest BCUT2D eigenvalue weighted by molar-refractivity contribution is 5.95. The van der Waals surface area contributed by atoms with Crippen molar-refractivity contribution >= 4 is 5.91 Å². The predicted octanol–water partition coefficient (Wildman–Crippen LogP) is 4.55. The third-order valence-electron chi connectivity index (χ3n) is 8.74. The van der Waals surface area contributed by atoms with E-state index in [2.05, 4.69) is 38.7 Å². The fourth-order valence-electron chi connectivity index (χ4n) is 6.94. The summed E-state index contributed by atoms with van der Waals surface area (Å²) in [5, 5.41) is 20.2. The van der Waals surface area contributed by atoms with Crippen LogP contribution in [0.25, 0.3) is 0 Å². The van der Waals surface area contributed by atoms with E-state index in [1.165, 1.54) is 31.3 Å². The Kier molecular flexibility index (Phi) is 6.33. The Hall–Kier alpha value is -1.65. The van der Waals surface area contributed by atoms with Crippen molar-refractivity contribution in [3.63, 3.8) is 0 Å². The van der Waals surface area contributed by atoms with Crippen LogP contribution in [0, 0.1) is 23.2 Å². The van der Waals surface area contributed by atoms with Crippen molar-refractivity contribution in [2.24, 2.45) is 23.2 Å². The highest BCUT2D eigenvalue weighted by atomic mass is 16.3. The van der Waals surface area contributed by atoms with Gasteiger partial charge in [-0.15, -0.1) is 0 Å². The molecule has 4 nitrogen and oxygen atoms in total. The van der Waals surface area contributed by atoms with E-state index in [0.717, 1.165) is 36.1 Å². The lowest BCUT2D eigenvalue weighted by atomic mass is 9.61. The van der Waals surface area contributed by atoms with E-state index in [-0.39, 0.29) is 11.3 Å². The van der Waals surface area contributed by atoms with E-state index in [0.29, 0.717) is 30.6 Å². The topological polar surface area (TPSA) is 60.8 Å². The minimum atomic E-state index is -0.632. The number of likely N-dealkylation sites (tertiary alicyclic amines) is 1. The van der Waals surface area contributed by atoms with E-state index in [4.69, 9.17) is 0 Å². The number of hydrogen-bond acceptors (Lipinski definition) is 3. The smallest absolute Gasteiger partial charge is 0.249 e. The first-order valence-corrected chi connectivity index (χ1v) is 12.1. The summed E-state index contributed by atoms with van der Waals surface area (Å²) < 4.78 is 0. The van der Waals surface area contributed by atoms with Gasteiger partial charge in [-0.05, 0) is 79.3 Å². The molecule has 0 aromatic carbocycles. The van der Waals surface area contributed by atoms with Crippen LogP contribution in [-0.2, 0) is 4.79 Å². The molecule has 0 bridgehead atoms. The van der Waals surface area contributed by atoms with Crippen LogP contribution in [0.4, 0.5) is 0 Å². The molecule has 1 heterocycles. The van der Waals surface area contributed by atoms with Crippen molar-refractivity contribution in [2.45, 2.75) is 77.4 Å². The average Bonchev–Trinajstić information content (AvgIpc) is 3.23. The fraction of sp³-hybridized carbons (Fsp3) is 0.667. The molecule has 0 spiro atoms. The van der Waals surface area contributed by atoms with Crippen molar-refractivity contribution in [3.8, 4) is 0 Å². The van der Waals surface area contributed by atoms with Crippen LogP contribution in [0.3, 0.4) is 0 Å². The number of allylic oxidation sites excluding steroid dienone is 4. The van der Waals surface area contributed by atoms with Crippen LogP contribution in [0.15, 0.2) is 47.1 Å². The lowest BCUT2D eigenvalue weighted by molar-refractivity contribution is -0.123. The Balaban J connectivity index is 1.53. The lowest BCUT2D eigenvalue weighted by Crippen LogP contribution is -2.35. The van der Waals surface area contributed by atoms with Gasteiger partial charge in [0, 0.05) is 25.6 Å². The minimum absolute atomic E-state index is 0.208. The number of hydrogen-bond donors (Lipinski definition) is 2. The van der Waals surface area contributed by atoms with Gasteiger partial charge < -0.3 is 15.1 Å². The second kappa shape index (κ2) is 8.71. The summed E-state index contributed by atoms with van der Waals surface area (Å²) in [4.78, 5) is 14.2. The van der Waals surface area contributed by atoms with Gasteiger partial charge in [-0.25, -0.2) is 0 Å². The summed E-state index contributed by atoms with van der Waals surface area (Å²) in [5.74, 6) is 1.81. The second-order valence-corrected chi connectivity index (χ2v) is 10.7. The third kappa shape index (κ3) is 4.21. The number of carbonyl (C=O) groups is 1. The molecular weight excluding hydrogens is 386 g/mol. The Labute approximate surface area is 187 Å². The van der Waals surface area contributed by atoms with E-state index in [1.807, 2.05) is 11.9 Å². The first-order chi connectivity index (χ1) is 14.7. The van der Waals surface area contributed by atoms with Crippen molar-refractivity contribution in [2.75, 3.05) is 13.6 Å². The summed E-state index contributed by atoms with van der Waals surface area (Å²) in [5.41, 5.74) is 4.54. The Morgan fingerprint density at radius 3 is 2.68 bits per heavy atom. The molecule has 2 N–H and O–H groups in total. The maximum absolute atomic E-state index is 12.4. The predicted molar refractivity (Wildman–Crippen MR) is 124 cm³/mol. The molecule has 0 aromatic heterocycles. The number of aliphatic hydroxyl groups is 2. The molecule has 1 amide bonds. The highest BCUT2D eigenvalue weighted by Crippen LogP contribution is 2.59. The van der Waals surface area contributed by atoms with Gasteiger partial charge in [0.15, 0.2) is 0 Å². The zero-order valence-electron chi connectivity index (χ0n) is 19.4. The van der Waals surface area contributed by atoms with E-state index >= 15 is 0 Å². The molecular formula is C27H39NO3.